The van der Waals surface area contributed by atoms with Gasteiger partial charge in [0.1, 0.15) is 11.3 Å². The molecule has 5 aromatic rings. The Morgan fingerprint density at radius 2 is 1.63 bits per heavy atom. The highest BCUT2D eigenvalue weighted by atomic mass is 31.1. The molecule has 0 radical (unpaired) electrons. The van der Waals surface area contributed by atoms with E-state index in [-0.39, 0.29) is 23.2 Å². The van der Waals surface area contributed by atoms with E-state index in [4.69, 9.17) is 8.94 Å². The Hall–Kier alpha value is -5.63. The van der Waals surface area contributed by atoms with Crippen LogP contribution in [0.4, 0.5) is 11.4 Å². The van der Waals surface area contributed by atoms with Crippen LogP contribution in [-0.4, -0.2) is 17.0 Å². The summed E-state index contributed by atoms with van der Waals surface area (Å²) in [5.41, 5.74) is 16.9. The zero-order chi connectivity index (χ0) is 38.4. The number of nitrogens with zero attached hydrogens (tertiary/aromatic N) is 1. The van der Waals surface area contributed by atoms with Crippen molar-refractivity contribution in [3.63, 3.8) is 0 Å². The van der Waals surface area contributed by atoms with E-state index in [2.05, 4.69) is 157 Å². The summed E-state index contributed by atoms with van der Waals surface area (Å²) in [5.74, 6) is 3.38. The van der Waals surface area contributed by atoms with E-state index in [1.807, 2.05) is 0 Å². The quantitative estimate of drug-likeness (QED) is 0.135. The molecule has 59 heavy (non-hydrogen) atoms. The fraction of sp³-hybridized carbons (Fsp3) is 0.255. The third-order valence-corrected chi connectivity index (χ3v) is 18.0. The number of fused-ring (bicyclic) bond motifs is 18. The minimum atomic E-state index is -0.926. The third kappa shape index (κ3) is 4.27. The molecule has 3 aliphatic heterocycles. The van der Waals surface area contributed by atoms with Gasteiger partial charge in [-0.15, -0.1) is 0 Å². The number of hydrogen-bond acceptors (Lipinski definition) is 3. The van der Waals surface area contributed by atoms with Crippen LogP contribution in [0.5, 0.6) is 0 Å². The SMILES string of the molecule is C1=CCCC(O[P+]2=C3C(=C4CCC=CC42)C=CC2C3c3ccc(-c4cccc5oc6c(c45)CCC=C6)cc3C23c2ccccc2N2c4ccccc4C4CC=CC3C42)=C1. The molecule has 286 valence electrons. The Bertz CT molecular complexity index is 2960. The number of allylic oxidation sites excluding steroid dienone is 12. The predicted molar refractivity (Wildman–Crippen MR) is 243 cm³/mol. The lowest BCUT2D eigenvalue weighted by Gasteiger charge is -2.55. The summed E-state index contributed by atoms with van der Waals surface area (Å²) in [6.07, 6.45) is 34.0. The Balaban J connectivity index is 1.07. The van der Waals surface area contributed by atoms with Crippen LogP contribution in [0.3, 0.4) is 0 Å². The van der Waals surface area contributed by atoms with Crippen molar-refractivity contribution < 1.29 is 8.94 Å². The summed E-state index contributed by atoms with van der Waals surface area (Å²) in [6, 6.07) is 33.6. The fourth-order valence-corrected chi connectivity index (χ4v) is 16.2. The van der Waals surface area contributed by atoms with Gasteiger partial charge < -0.3 is 9.32 Å². The van der Waals surface area contributed by atoms with Crippen molar-refractivity contribution in [1.29, 1.82) is 0 Å². The number of furan rings is 1. The standard InChI is InChI=1S/C55H45NO2P/c1-2-14-34(15-3-1)58-59-50-27-11-6-17-37(50)39-30-31-43-52(54(39)59)40-29-28-33(35-19-13-26-49-51(35)41-18-5-10-25-48(41)57-49)32-45(40)55(43)42-21-7-9-24-47(42)56-46-23-8-4-16-36(46)38-20-12-22-44(55)53(38)56/h1-2,4,7-14,16,19,21-32,38,43-44,50,52-53H,3,5-6,15,17-18,20H2/q+1. The first-order chi connectivity index (χ1) is 29.3. The van der Waals surface area contributed by atoms with Crippen molar-refractivity contribution in [2.45, 2.75) is 73.9 Å². The number of hydrogen-bond donors (Lipinski definition) is 0. The summed E-state index contributed by atoms with van der Waals surface area (Å²) in [7, 11) is -0.926. The maximum atomic E-state index is 7.41. The van der Waals surface area contributed by atoms with Crippen LogP contribution in [0.2, 0.25) is 0 Å². The lowest BCUT2D eigenvalue weighted by molar-refractivity contribution is 0.234. The van der Waals surface area contributed by atoms with Crippen LogP contribution in [0.1, 0.15) is 83.9 Å². The van der Waals surface area contributed by atoms with E-state index in [9.17, 15) is 0 Å². The lowest BCUT2D eigenvalue weighted by Crippen LogP contribution is -2.56. The number of anilines is 2. The van der Waals surface area contributed by atoms with Crippen molar-refractivity contribution in [2.24, 2.45) is 11.8 Å². The molecule has 4 heterocycles. The molecule has 0 N–H and O–H groups in total. The van der Waals surface area contributed by atoms with Crippen molar-refractivity contribution in [3.8, 4) is 11.1 Å². The number of aryl methyl sites for hydroxylation is 1. The van der Waals surface area contributed by atoms with Crippen LogP contribution in [0.25, 0.3) is 28.2 Å². The topological polar surface area (TPSA) is 25.6 Å². The minimum Gasteiger partial charge on any atom is -0.456 e. The van der Waals surface area contributed by atoms with Crippen LogP contribution >= 0.6 is 7.77 Å². The van der Waals surface area contributed by atoms with Crippen molar-refractivity contribution >= 4 is 41.5 Å². The Labute approximate surface area is 347 Å². The van der Waals surface area contributed by atoms with Gasteiger partial charge in [0.25, 0.3) is 0 Å². The van der Waals surface area contributed by atoms with Crippen LogP contribution in [-0.2, 0) is 16.4 Å². The average Bonchev–Trinajstić information content (AvgIpc) is 4.02. The molecule has 0 bridgehead atoms. The molecular weight excluding hydrogens is 738 g/mol. The number of benzene rings is 4. The van der Waals surface area contributed by atoms with E-state index in [1.165, 1.54) is 61.3 Å². The second-order valence-corrected chi connectivity index (χ2v) is 20.0. The molecule has 4 heteroatoms. The zero-order valence-electron chi connectivity index (χ0n) is 33.1. The van der Waals surface area contributed by atoms with Gasteiger partial charge in [-0.1, -0.05) is 109 Å². The molecular formula is C55H45NO2P+. The molecule has 0 amide bonds. The Kier molecular flexibility index (Phi) is 6.88. The second-order valence-electron chi connectivity index (χ2n) is 18.1. The van der Waals surface area contributed by atoms with Crippen LogP contribution < -0.4 is 4.90 Å². The van der Waals surface area contributed by atoms with Crippen molar-refractivity contribution in [2.75, 3.05) is 4.90 Å². The number of rotatable bonds is 3. The lowest BCUT2D eigenvalue weighted by atomic mass is 9.53. The molecule has 6 aliphatic carbocycles. The van der Waals surface area contributed by atoms with E-state index in [0.717, 1.165) is 62.0 Å². The first-order valence-corrected chi connectivity index (χ1v) is 23.4. The molecule has 0 fully saturated rings. The third-order valence-electron chi connectivity index (χ3n) is 15.6. The Morgan fingerprint density at radius 3 is 2.58 bits per heavy atom. The summed E-state index contributed by atoms with van der Waals surface area (Å²) >= 11 is 0. The van der Waals surface area contributed by atoms with Gasteiger partial charge >= 0.3 is 7.77 Å². The van der Waals surface area contributed by atoms with Gasteiger partial charge in [0.05, 0.1) is 5.92 Å². The van der Waals surface area contributed by atoms with E-state index < -0.39 is 7.77 Å². The molecule has 1 spiro atoms. The van der Waals surface area contributed by atoms with Gasteiger partial charge in [-0.05, 0) is 120 Å². The summed E-state index contributed by atoms with van der Waals surface area (Å²) in [4.78, 5) is 2.76. The fourth-order valence-electron chi connectivity index (χ4n) is 13.5. The van der Waals surface area contributed by atoms with Gasteiger partial charge in [0, 0.05) is 63.5 Å². The van der Waals surface area contributed by atoms with Gasteiger partial charge in [0.2, 0.25) is 0 Å². The molecule has 14 rings (SSSR count). The molecule has 4 aromatic carbocycles. The monoisotopic (exact) mass is 782 g/mol. The maximum absolute atomic E-state index is 7.41. The van der Waals surface area contributed by atoms with Gasteiger partial charge in [-0.25, -0.2) is 0 Å². The summed E-state index contributed by atoms with van der Waals surface area (Å²) < 4.78 is 13.9. The summed E-state index contributed by atoms with van der Waals surface area (Å²) in [5, 5.41) is 2.87. The van der Waals surface area contributed by atoms with Crippen LogP contribution in [0.15, 0.2) is 167 Å². The highest BCUT2D eigenvalue weighted by molar-refractivity contribution is 7.57. The molecule has 9 aliphatic rings. The van der Waals surface area contributed by atoms with Gasteiger partial charge in [-0.2, -0.15) is 0 Å². The molecule has 1 aromatic heterocycles. The normalized spacial score (nSPS) is 30.2. The number of para-hydroxylation sites is 2. The van der Waals surface area contributed by atoms with Crippen LogP contribution in [0, 0.1) is 11.8 Å². The smallest absolute Gasteiger partial charge is 0.322 e. The molecule has 0 saturated heterocycles. The largest absolute Gasteiger partial charge is 0.456 e. The zero-order valence-corrected chi connectivity index (χ0v) is 34.0. The molecule has 0 saturated carbocycles. The second kappa shape index (κ2) is 12.2. The van der Waals surface area contributed by atoms with E-state index in [1.54, 1.807) is 10.9 Å². The molecule has 8 unspecified atom stereocenters. The van der Waals surface area contributed by atoms with E-state index in [0.29, 0.717) is 17.6 Å². The van der Waals surface area contributed by atoms with E-state index >= 15 is 0 Å². The average molecular weight is 783 g/mol. The van der Waals surface area contributed by atoms with Crippen molar-refractivity contribution in [1.82, 2.24) is 0 Å². The van der Waals surface area contributed by atoms with Crippen molar-refractivity contribution in [3.05, 3.63) is 196 Å². The van der Waals surface area contributed by atoms with Gasteiger partial charge in [0.15, 0.2) is 16.7 Å². The highest BCUT2D eigenvalue weighted by Crippen LogP contribution is 2.71. The highest BCUT2D eigenvalue weighted by Gasteiger charge is 2.67. The summed E-state index contributed by atoms with van der Waals surface area (Å²) in [6.45, 7) is 0. The predicted octanol–water partition coefficient (Wildman–Crippen LogP) is 13.7. The first-order valence-electron chi connectivity index (χ1n) is 22.1. The Morgan fingerprint density at radius 1 is 0.729 bits per heavy atom. The maximum Gasteiger partial charge on any atom is 0.322 e. The molecule has 8 atom stereocenters. The van der Waals surface area contributed by atoms with Gasteiger partial charge in [-0.3, -0.25) is 4.52 Å². The first kappa shape index (κ1) is 33.2. The minimum absolute atomic E-state index is 0.233. The molecule has 3 nitrogen and oxygen atoms in total.